The van der Waals surface area contributed by atoms with E-state index in [0.29, 0.717) is 13.0 Å². The summed E-state index contributed by atoms with van der Waals surface area (Å²) >= 11 is 0. The lowest BCUT2D eigenvalue weighted by Gasteiger charge is -2.34. The molecule has 4 nitrogen and oxygen atoms in total. The molecule has 15 heavy (non-hydrogen) atoms. The van der Waals surface area contributed by atoms with E-state index in [-0.39, 0.29) is 17.4 Å². The van der Waals surface area contributed by atoms with Gasteiger partial charge in [0.2, 0.25) is 5.91 Å². The van der Waals surface area contributed by atoms with Crippen LogP contribution in [0.15, 0.2) is 0 Å². The maximum Gasteiger partial charge on any atom is 0.324 e. The first-order chi connectivity index (χ1) is 7.09. The summed E-state index contributed by atoms with van der Waals surface area (Å²) < 4.78 is 0. The molecule has 0 bridgehead atoms. The summed E-state index contributed by atoms with van der Waals surface area (Å²) in [5, 5.41) is 2.37. The number of carbonyl (C=O) groups is 2. The van der Waals surface area contributed by atoms with Crippen LogP contribution < -0.4 is 5.32 Å². The van der Waals surface area contributed by atoms with Crippen LogP contribution in [0.4, 0.5) is 4.79 Å². The molecule has 1 aliphatic carbocycles. The van der Waals surface area contributed by atoms with E-state index in [0.717, 1.165) is 6.54 Å². The zero-order valence-corrected chi connectivity index (χ0v) is 9.21. The van der Waals surface area contributed by atoms with Gasteiger partial charge in [-0.3, -0.25) is 10.1 Å². The highest BCUT2D eigenvalue weighted by Gasteiger charge is 2.34. The van der Waals surface area contributed by atoms with E-state index in [1.165, 1.54) is 25.7 Å². The summed E-state index contributed by atoms with van der Waals surface area (Å²) in [6, 6.07) is -0.209. The van der Waals surface area contributed by atoms with Crippen molar-refractivity contribution in [3.8, 4) is 0 Å². The van der Waals surface area contributed by atoms with Crippen molar-refractivity contribution >= 4 is 11.9 Å². The van der Waals surface area contributed by atoms with Gasteiger partial charge in [0.1, 0.15) is 0 Å². The van der Waals surface area contributed by atoms with E-state index < -0.39 is 0 Å². The third kappa shape index (κ3) is 2.30. The number of rotatable bonds is 2. The van der Waals surface area contributed by atoms with Crippen LogP contribution in [0.3, 0.4) is 0 Å². The van der Waals surface area contributed by atoms with Gasteiger partial charge >= 0.3 is 6.03 Å². The van der Waals surface area contributed by atoms with Crippen molar-refractivity contribution in [1.29, 1.82) is 0 Å². The second-order valence-corrected chi connectivity index (χ2v) is 5.04. The Hall–Kier alpha value is -1.06. The van der Waals surface area contributed by atoms with Crippen molar-refractivity contribution in [3.05, 3.63) is 0 Å². The van der Waals surface area contributed by atoms with Crippen LogP contribution in [0.25, 0.3) is 0 Å². The smallest absolute Gasteiger partial charge is 0.323 e. The summed E-state index contributed by atoms with van der Waals surface area (Å²) in [4.78, 5) is 24.3. The largest absolute Gasteiger partial charge is 0.324 e. The molecule has 4 heteroatoms. The average Bonchev–Trinajstić information content (AvgIpc) is 2.58. The van der Waals surface area contributed by atoms with Gasteiger partial charge in [0.05, 0.1) is 0 Å². The fourth-order valence-corrected chi connectivity index (χ4v) is 2.60. The highest BCUT2D eigenvalue weighted by Crippen LogP contribution is 2.38. The zero-order chi connectivity index (χ0) is 10.9. The average molecular weight is 210 g/mol. The number of carbonyl (C=O) groups excluding carboxylic acids is 2. The molecule has 1 aliphatic heterocycles. The monoisotopic (exact) mass is 210 g/mol. The third-order valence-corrected chi connectivity index (χ3v) is 3.53. The van der Waals surface area contributed by atoms with Crippen LogP contribution in [0.5, 0.6) is 0 Å². The van der Waals surface area contributed by atoms with Crippen molar-refractivity contribution in [1.82, 2.24) is 10.2 Å². The second-order valence-electron chi connectivity index (χ2n) is 5.04. The number of imide groups is 1. The Labute approximate surface area is 90.0 Å². The molecule has 2 fully saturated rings. The Bertz CT molecular complexity index is 282. The van der Waals surface area contributed by atoms with Gasteiger partial charge < -0.3 is 4.90 Å². The van der Waals surface area contributed by atoms with Crippen LogP contribution in [-0.4, -0.2) is 29.9 Å². The third-order valence-electron chi connectivity index (χ3n) is 3.53. The van der Waals surface area contributed by atoms with Gasteiger partial charge in [0.25, 0.3) is 0 Å². The molecule has 1 saturated carbocycles. The lowest BCUT2D eigenvalue weighted by Crippen LogP contribution is -2.52. The first-order valence-electron chi connectivity index (χ1n) is 5.68. The van der Waals surface area contributed by atoms with Gasteiger partial charge in [-0.25, -0.2) is 4.79 Å². The topological polar surface area (TPSA) is 49.4 Å². The number of urea groups is 1. The van der Waals surface area contributed by atoms with Crippen LogP contribution in [0.1, 0.15) is 39.0 Å². The molecule has 0 aromatic heterocycles. The van der Waals surface area contributed by atoms with Gasteiger partial charge in [0, 0.05) is 19.5 Å². The number of nitrogens with one attached hydrogen (secondary N) is 1. The number of nitrogens with zero attached hydrogens (tertiary/aromatic N) is 1. The summed E-state index contributed by atoms with van der Waals surface area (Å²) in [6.07, 6.45) is 5.38. The predicted molar refractivity (Wildman–Crippen MR) is 56.3 cm³/mol. The molecule has 2 aliphatic rings. The van der Waals surface area contributed by atoms with E-state index in [9.17, 15) is 9.59 Å². The molecular formula is C11H18N2O2. The molecule has 0 aromatic rings. The second kappa shape index (κ2) is 3.83. The molecule has 0 spiro atoms. The molecule has 1 saturated heterocycles. The maximum atomic E-state index is 11.5. The van der Waals surface area contributed by atoms with Crippen molar-refractivity contribution in [2.24, 2.45) is 5.41 Å². The van der Waals surface area contributed by atoms with Crippen LogP contribution in [0, 0.1) is 5.41 Å². The van der Waals surface area contributed by atoms with Crippen molar-refractivity contribution < 1.29 is 9.59 Å². The zero-order valence-electron chi connectivity index (χ0n) is 9.21. The van der Waals surface area contributed by atoms with Gasteiger partial charge in [0.15, 0.2) is 0 Å². The standard InChI is InChI=1S/C11H18N2O2/c1-11(5-2-3-6-11)8-13-7-4-9(14)12-10(13)15/h2-8H2,1H3,(H,12,14,15). The van der Waals surface area contributed by atoms with Gasteiger partial charge in [-0.15, -0.1) is 0 Å². The molecule has 0 atom stereocenters. The maximum absolute atomic E-state index is 11.5. The normalized spacial score (nSPS) is 25.5. The predicted octanol–water partition coefficient (Wildman–Crippen LogP) is 1.51. The van der Waals surface area contributed by atoms with E-state index >= 15 is 0 Å². The van der Waals surface area contributed by atoms with E-state index in [2.05, 4.69) is 12.2 Å². The minimum absolute atomic E-state index is 0.146. The van der Waals surface area contributed by atoms with E-state index in [1.54, 1.807) is 4.90 Å². The van der Waals surface area contributed by atoms with Crippen molar-refractivity contribution in [2.75, 3.05) is 13.1 Å². The van der Waals surface area contributed by atoms with Crippen molar-refractivity contribution in [2.45, 2.75) is 39.0 Å². The summed E-state index contributed by atoms with van der Waals surface area (Å²) in [5.41, 5.74) is 0.276. The highest BCUT2D eigenvalue weighted by molar-refractivity contribution is 5.96. The van der Waals surface area contributed by atoms with E-state index in [1.807, 2.05) is 0 Å². The Kier molecular flexibility index (Phi) is 2.67. The Morgan fingerprint density at radius 2 is 2.00 bits per heavy atom. The van der Waals surface area contributed by atoms with E-state index in [4.69, 9.17) is 0 Å². The SMILES string of the molecule is CC1(CN2CCC(=O)NC2=O)CCCC1. The van der Waals surface area contributed by atoms with Gasteiger partial charge in [-0.2, -0.15) is 0 Å². The Morgan fingerprint density at radius 3 is 2.60 bits per heavy atom. The quantitative estimate of drug-likeness (QED) is 0.751. The lowest BCUT2D eigenvalue weighted by molar-refractivity contribution is -0.121. The molecule has 0 radical (unpaired) electrons. The minimum atomic E-state index is -0.209. The fourth-order valence-electron chi connectivity index (χ4n) is 2.60. The summed E-state index contributed by atoms with van der Waals surface area (Å²) in [5.74, 6) is -0.146. The Morgan fingerprint density at radius 1 is 1.33 bits per heavy atom. The summed E-state index contributed by atoms with van der Waals surface area (Å²) in [6.45, 7) is 3.62. The fraction of sp³-hybridized carbons (Fsp3) is 0.818. The highest BCUT2D eigenvalue weighted by atomic mass is 16.2. The van der Waals surface area contributed by atoms with Crippen LogP contribution in [0.2, 0.25) is 0 Å². The summed E-state index contributed by atoms with van der Waals surface area (Å²) in [7, 11) is 0. The Balaban J connectivity index is 1.94. The minimum Gasteiger partial charge on any atom is -0.323 e. The van der Waals surface area contributed by atoms with Crippen LogP contribution in [-0.2, 0) is 4.79 Å². The lowest BCUT2D eigenvalue weighted by atomic mass is 9.88. The first-order valence-corrected chi connectivity index (χ1v) is 5.68. The number of hydrogen-bond donors (Lipinski definition) is 1. The van der Waals surface area contributed by atoms with Crippen molar-refractivity contribution in [3.63, 3.8) is 0 Å². The first kappa shape index (κ1) is 10.5. The number of amides is 3. The van der Waals surface area contributed by atoms with Gasteiger partial charge in [-0.05, 0) is 18.3 Å². The molecule has 0 unspecified atom stereocenters. The number of hydrogen-bond acceptors (Lipinski definition) is 2. The molecule has 1 heterocycles. The molecule has 3 amide bonds. The molecule has 2 rings (SSSR count). The molecule has 0 aromatic carbocycles. The molecule has 84 valence electrons. The van der Waals surface area contributed by atoms with Gasteiger partial charge in [-0.1, -0.05) is 19.8 Å². The molecular weight excluding hydrogens is 192 g/mol. The van der Waals surface area contributed by atoms with Crippen LogP contribution >= 0.6 is 0 Å². The molecule has 1 N–H and O–H groups in total.